The highest BCUT2D eigenvalue weighted by atomic mass is 19.1. The zero-order valence-electron chi connectivity index (χ0n) is 11.1. The SMILES string of the molecule is CN(Cc1ccc(F)cc1C#N)CC1CCCC1O. The fraction of sp³-hybridized carbons (Fsp3) is 0.533. The summed E-state index contributed by atoms with van der Waals surface area (Å²) in [5.74, 6) is -0.0647. The van der Waals surface area contributed by atoms with Gasteiger partial charge in [-0.05, 0) is 43.5 Å². The van der Waals surface area contributed by atoms with Gasteiger partial charge < -0.3 is 10.0 Å². The summed E-state index contributed by atoms with van der Waals surface area (Å²) in [5, 5.41) is 18.8. The number of nitrogens with zero attached hydrogens (tertiary/aromatic N) is 2. The number of nitriles is 1. The number of rotatable bonds is 4. The third-order valence-corrected chi connectivity index (χ3v) is 3.80. The minimum absolute atomic E-state index is 0.203. The van der Waals surface area contributed by atoms with Gasteiger partial charge in [0, 0.05) is 13.1 Å². The van der Waals surface area contributed by atoms with Crippen LogP contribution in [-0.4, -0.2) is 29.7 Å². The van der Waals surface area contributed by atoms with E-state index in [-0.39, 0.29) is 11.9 Å². The molecule has 1 aromatic carbocycles. The van der Waals surface area contributed by atoms with E-state index in [2.05, 4.69) is 4.90 Å². The van der Waals surface area contributed by atoms with E-state index in [9.17, 15) is 9.50 Å². The number of benzene rings is 1. The molecule has 2 atom stereocenters. The van der Waals surface area contributed by atoms with Gasteiger partial charge in [0.15, 0.2) is 0 Å². The van der Waals surface area contributed by atoms with E-state index in [1.54, 1.807) is 6.07 Å². The second-order valence-electron chi connectivity index (χ2n) is 5.37. The maximum Gasteiger partial charge on any atom is 0.124 e. The standard InChI is InChI=1S/C15H19FN2O/c1-18(10-12-3-2-4-15(12)19)9-11-5-6-14(16)7-13(11)8-17/h5-7,12,15,19H,2-4,9-10H2,1H3. The van der Waals surface area contributed by atoms with E-state index in [1.165, 1.54) is 12.1 Å². The third-order valence-electron chi connectivity index (χ3n) is 3.80. The molecule has 1 fully saturated rings. The van der Waals surface area contributed by atoms with Crippen molar-refractivity contribution in [2.24, 2.45) is 5.92 Å². The topological polar surface area (TPSA) is 47.3 Å². The summed E-state index contributed by atoms with van der Waals surface area (Å²) in [6.45, 7) is 1.41. The monoisotopic (exact) mass is 262 g/mol. The number of hydrogen-bond donors (Lipinski definition) is 1. The van der Waals surface area contributed by atoms with Crippen LogP contribution in [0.3, 0.4) is 0 Å². The summed E-state index contributed by atoms with van der Waals surface area (Å²) < 4.78 is 13.1. The van der Waals surface area contributed by atoms with Crippen molar-refractivity contribution >= 4 is 0 Å². The van der Waals surface area contributed by atoms with Crippen LogP contribution in [0.1, 0.15) is 30.4 Å². The van der Waals surface area contributed by atoms with Crippen LogP contribution in [-0.2, 0) is 6.54 Å². The van der Waals surface area contributed by atoms with Crippen LogP contribution in [0, 0.1) is 23.1 Å². The number of aliphatic hydroxyl groups is 1. The molecule has 102 valence electrons. The third kappa shape index (κ3) is 3.52. The van der Waals surface area contributed by atoms with Gasteiger partial charge >= 0.3 is 0 Å². The lowest BCUT2D eigenvalue weighted by molar-refractivity contribution is 0.108. The molecule has 2 rings (SSSR count). The second-order valence-corrected chi connectivity index (χ2v) is 5.37. The first kappa shape index (κ1) is 14.0. The molecule has 1 saturated carbocycles. The molecular weight excluding hydrogens is 243 g/mol. The predicted molar refractivity (Wildman–Crippen MR) is 70.8 cm³/mol. The highest BCUT2D eigenvalue weighted by molar-refractivity contribution is 5.37. The molecule has 0 heterocycles. The van der Waals surface area contributed by atoms with Gasteiger partial charge in [0.1, 0.15) is 5.82 Å². The number of halogens is 1. The first-order valence-electron chi connectivity index (χ1n) is 6.65. The average molecular weight is 262 g/mol. The lowest BCUT2D eigenvalue weighted by Crippen LogP contribution is -2.29. The Morgan fingerprint density at radius 2 is 2.26 bits per heavy atom. The minimum Gasteiger partial charge on any atom is -0.393 e. The van der Waals surface area contributed by atoms with Crippen molar-refractivity contribution in [1.29, 1.82) is 5.26 Å². The lowest BCUT2D eigenvalue weighted by atomic mass is 10.0. The Kier molecular flexibility index (Phi) is 4.52. The van der Waals surface area contributed by atoms with Gasteiger partial charge in [-0.15, -0.1) is 0 Å². The van der Waals surface area contributed by atoms with Crippen LogP contribution in [0.2, 0.25) is 0 Å². The smallest absolute Gasteiger partial charge is 0.124 e. The molecule has 0 radical (unpaired) electrons. The summed E-state index contributed by atoms with van der Waals surface area (Å²) in [6.07, 6.45) is 2.82. The van der Waals surface area contributed by atoms with E-state index in [0.29, 0.717) is 18.0 Å². The molecule has 1 aliphatic rings. The molecule has 0 aromatic heterocycles. The van der Waals surface area contributed by atoms with Gasteiger partial charge in [0.2, 0.25) is 0 Å². The van der Waals surface area contributed by atoms with Gasteiger partial charge in [0.25, 0.3) is 0 Å². The molecule has 1 N–H and O–H groups in total. The van der Waals surface area contributed by atoms with Crippen molar-refractivity contribution in [3.05, 3.63) is 35.1 Å². The normalized spacial score (nSPS) is 22.7. The Bertz CT molecular complexity index is 484. The summed E-state index contributed by atoms with van der Waals surface area (Å²) >= 11 is 0. The van der Waals surface area contributed by atoms with Crippen molar-refractivity contribution in [1.82, 2.24) is 4.90 Å². The van der Waals surface area contributed by atoms with Crippen molar-refractivity contribution in [2.45, 2.75) is 31.9 Å². The fourth-order valence-electron chi connectivity index (χ4n) is 2.78. The Hall–Kier alpha value is -1.44. The van der Waals surface area contributed by atoms with Crippen LogP contribution in [0.4, 0.5) is 4.39 Å². The highest BCUT2D eigenvalue weighted by Gasteiger charge is 2.26. The summed E-state index contributed by atoms with van der Waals surface area (Å²) in [5.41, 5.74) is 1.22. The first-order chi connectivity index (χ1) is 9.10. The van der Waals surface area contributed by atoms with Crippen LogP contribution >= 0.6 is 0 Å². The van der Waals surface area contributed by atoms with Gasteiger partial charge in [0.05, 0.1) is 17.7 Å². The van der Waals surface area contributed by atoms with Gasteiger partial charge in [-0.2, -0.15) is 5.26 Å². The first-order valence-corrected chi connectivity index (χ1v) is 6.65. The Balaban J connectivity index is 1.99. The molecule has 0 aliphatic heterocycles. The Morgan fingerprint density at radius 3 is 2.89 bits per heavy atom. The summed E-state index contributed by atoms with van der Waals surface area (Å²) in [6, 6.07) is 6.35. The zero-order valence-corrected chi connectivity index (χ0v) is 11.1. The van der Waals surface area contributed by atoms with Crippen molar-refractivity contribution in [3.8, 4) is 6.07 Å². The maximum absolute atomic E-state index is 13.1. The predicted octanol–water partition coefficient (Wildman–Crippen LogP) is 2.29. The summed E-state index contributed by atoms with van der Waals surface area (Å²) in [7, 11) is 1.97. The molecule has 2 unspecified atom stereocenters. The molecule has 0 saturated heterocycles. The molecular formula is C15H19FN2O. The van der Waals surface area contributed by atoms with Crippen LogP contribution in [0.5, 0.6) is 0 Å². The van der Waals surface area contributed by atoms with Gasteiger partial charge in [-0.1, -0.05) is 12.5 Å². The van der Waals surface area contributed by atoms with E-state index < -0.39 is 0 Å². The Morgan fingerprint density at radius 1 is 1.47 bits per heavy atom. The molecule has 19 heavy (non-hydrogen) atoms. The number of aliphatic hydroxyl groups excluding tert-OH is 1. The lowest BCUT2D eigenvalue weighted by Gasteiger charge is -2.23. The quantitative estimate of drug-likeness (QED) is 0.905. The van der Waals surface area contributed by atoms with Crippen LogP contribution in [0.25, 0.3) is 0 Å². The second kappa shape index (κ2) is 6.14. The van der Waals surface area contributed by atoms with Gasteiger partial charge in [-0.3, -0.25) is 0 Å². The molecule has 0 bridgehead atoms. The maximum atomic E-state index is 13.1. The van der Waals surface area contributed by atoms with Crippen LogP contribution in [0.15, 0.2) is 18.2 Å². The molecule has 1 aromatic rings. The minimum atomic E-state index is -0.380. The van der Waals surface area contributed by atoms with Crippen molar-refractivity contribution in [3.63, 3.8) is 0 Å². The van der Waals surface area contributed by atoms with E-state index in [1.807, 2.05) is 13.1 Å². The van der Waals surface area contributed by atoms with E-state index in [4.69, 9.17) is 5.26 Å². The van der Waals surface area contributed by atoms with E-state index >= 15 is 0 Å². The molecule has 0 amide bonds. The van der Waals surface area contributed by atoms with Crippen molar-refractivity contribution < 1.29 is 9.50 Å². The largest absolute Gasteiger partial charge is 0.393 e. The number of hydrogen-bond acceptors (Lipinski definition) is 3. The van der Waals surface area contributed by atoms with E-state index in [0.717, 1.165) is 31.4 Å². The average Bonchev–Trinajstić information content (AvgIpc) is 2.77. The molecule has 1 aliphatic carbocycles. The fourth-order valence-corrected chi connectivity index (χ4v) is 2.78. The Labute approximate surface area is 113 Å². The molecule has 0 spiro atoms. The zero-order chi connectivity index (χ0) is 13.8. The van der Waals surface area contributed by atoms with Gasteiger partial charge in [-0.25, -0.2) is 4.39 Å². The molecule has 3 nitrogen and oxygen atoms in total. The summed E-state index contributed by atoms with van der Waals surface area (Å²) in [4.78, 5) is 2.09. The molecule has 4 heteroatoms. The van der Waals surface area contributed by atoms with Crippen LogP contribution < -0.4 is 0 Å². The van der Waals surface area contributed by atoms with Crippen molar-refractivity contribution in [2.75, 3.05) is 13.6 Å². The highest BCUT2D eigenvalue weighted by Crippen LogP contribution is 2.26.